The van der Waals surface area contributed by atoms with Crippen LogP contribution in [0.4, 0.5) is 0 Å². The van der Waals surface area contributed by atoms with E-state index < -0.39 is 10.0 Å². The normalized spacial score (nSPS) is 16.6. The van der Waals surface area contributed by atoms with E-state index in [4.69, 9.17) is 21.1 Å². The van der Waals surface area contributed by atoms with Crippen LogP contribution in [0.5, 0.6) is 11.5 Å². The number of rotatable bonds is 10. The Bertz CT molecular complexity index is 1200. The predicted molar refractivity (Wildman–Crippen MR) is 135 cm³/mol. The van der Waals surface area contributed by atoms with Gasteiger partial charge in [0.05, 0.1) is 23.0 Å². The van der Waals surface area contributed by atoms with Crippen LogP contribution >= 0.6 is 34.7 Å². The van der Waals surface area contributed by atoms with Crippen molar-refractivity contribution in [3.63, 3.8) is 0 Å². The number of thioether (sulfide) groups is 1. The quantitative estimate of drug-likeness (QED) is 0.233. The number of sulfonamides is 1. The van der Waals surface area contributed by atoms with Crippen LogP contribution in [0.1, 0.15) is 25.3 Å². The third-order valence-corrected chi connectivity index (χ3v) is 8.53. The van der Waals surface area contributed by atoms with Crippen molar-refractivity contribution in [2.24, 2.45) is 4.40 Å². The standard InChI is InChI=1S/C22H23ClN2O5S3/c1-4-6-12-30-17-13-15(7-8-16(17)29-3)14-18-21(26)25(11-5-2)22(31-18)24-33(27,28)20-10-9-19(23)32-20/h5,7-10,13-14H,2,4,6,11-12H2,1,3H3/b18-14-,24-22+. The van der Waals surface area contributed by atoms with Crippen molar-refractivity contribution in [1.82, 2.24) is 4.90 Å². The van der Waals surface area contributed by atoms with Gasteiger partial charge in [-0.3, -0.25) is 9.69 Å². The molecule has 2 aromatic rings. The predicted octanol–water partition coefficient (Wildman–Crippen LogP) is 5.44. The number of amides is 1. The van der Waals surface area contributed by atoms with Crippen molar-refractivity contribution in [2.45, 2.75) is 24.0 Å². The molecule has 0 radical (unpaired) electrons. The minimum atomic E-state index is -4.01. The summed E-state index contributed by atoms with van der Waals surface area (Å²) in [5.74, 6) is 0.807. The molecule has 3 rings (SSSR count). The molecule has 0 spiro atoms. The summed E-state index contributed by atoms with van der Waals surface area (Å²) < 4.78 is 40.8. The van der Waals surface area contributed by atoms with E-state index in [2.05, 4.69) is 17.9 Å². The topological polar surface area (TPSA) is 85.3 Å². The number of carbonyl (C=O) groups is 1. The highest BCUT2D eigenvalue weighted by Gasteiger charge is 2.34. The number of hydrogen-bond donors (Lipinski definition) is 0. The van der Waals surface area contributed by atoms with Gasteiger partial charge >= 0.3 is 0 Å². The summed E-state index contributed by atoms with van der Waals surface area (Å²) in [5, 5.41) is 0.0589. The van der Waals surface area contributed by atoms with E-state index in [9.17, 15) is 13.2 Å². The Balaban J connectivity index is 1.93. The van der Waals surface area contributed by atoms with Gasteiger partial charge in [0.15, 0.2) is 16.7 Å². The molecular formula is C22H23ClN2O5S3. The third kappa shape index (κ3) is 6.20. The number of ether oxygens (including phenoxy) is 2. The summed E-state index contributed by atoms with van der Waals surface area (Å²) in [6, 6.07) is 8.22. The molecule has 0 bridgehead atoms. The molecule has 1 saturated heterocycles. The van der Waals surface area contributed by atoms with Crippen LogP contribution < -0.4 is 9.47 Å². The lowest BCUT2D eigenvalue weighted by Crippen LogP contribution is -2.29. The number of nitrogens with zero attached hydrogens (tertiary/aromatic N) is 2. The number of carbonyl (C=O) groups excluding carboxylic acids is 1. The highest BCUT2D eigenvalue weighted by atomic mass is 35.5. The molecule has 0 atom stereocenters. The second kappa shape index (κ2) is 11.2. The second-order valence-corrected chi connectivity index (χ2v) is 11.4. The number of hydrogen-bond acceptors (Lipinski definition) is 7. The number of methoxy groups -OCH3 is 1. The van der Waals surface area contributed by atoms with Crippen molar-refractivity contribution in [2.75, 3.05) is 20.3 Å². The van der Waals surface area contributed by atoms with Crippen molar-refractivity contribution in [3.05, 3.63) is 57.8 Å². The molecule has 1 aliphatic rings. The molecule has 2 heterocycles. The monoisotopic (exact) mass is 526 g/mol. The molecular weight excluding hydrogens is 504 g/mol. The van der Waals surface area contributed by atoms with E-state index in [1.807, 2.05) is 0 Å². The fraction of sp³-hybridized carbons (Fsp3) is 0.273. The van der Waals surface area contributed by atoms with Crippen molar-refractivity contribution < 1.29 is 22.7 Å². The Labute approximate surface area is 206 Å². The maximum Gasteiger partial charge on any atom is 0.294 e. The smallest absolute Gasteiger partial charge is 0.294 e. The van der Waals surface area contributed by atoms with Crippen molar-refractivity contribution >= 4 is 61.9 Å². The molecule has 1 amide bonds. The minimum absolute atomic E-state index is 0.00746. The van der Waals surface area contributed by atoms with Crippen LogP contribution in [0.2, 0.25) is 4.34 Å². The SMILES string of the molecule is C=CCN1C(=O)/C(=C/c2ccc(OC)c(OCCCC)c2)S/C1=N/S(=O)(=O)c1ccc(Cl)s1. The lowest BCUT2D eigenvalue weighted by molar-refractivity contribution is -0.121. The van der Waals surface area contributed by atoms with Gasteiger partial charge in [0.1, 0.15) is 4.21 Å². The summed E-state index contributed by atoms with van der Waals surface area (Å²) >= 11 is 7.76. The zero-order valence-electron chi connectivity index (χ0n) is 18.1. The van der Waals surface area contributed by atoms with Gasteiger partial charge in [0, 0.05) is 6.54 Å². The van der Waals surface area contributed by atoms with E-state index in [0.29, 0.717) is 32.9 Å². The van der Waals surface area contributed by atoms with Gasteiger partial charge < -0.3 is 9.47 Å². The van der Waals surface area contributed by atoms with Crippen LogP contribution in [0, 0.1) is 0 Å². The first-order valence-corrected chi connectivity index (χ1v) is 13.5. The maximum atomic E-state index is 13.0. The molecule has 1 fully saturated rings. The molecule has 7 nitrogen and oxygen atoms in total. The number of unbranched alkanes of at least 4 members (excludes halogenated alkanes) is 1. The van der Waals surface area contributed by atoms with Gasteiger partial charge in [-0.05, 0) is 54.1 Å². The molecule has 1 aromatic carbocycles. The Morgan fingerprint density at radius 3 is 2.67 bits per heavy atom. The van der Waals surface area contributed by atoms with E-state index in [-0.39, 0.29) is 21.8 Å². The highest BCUT2D eigenvalue weighted by Crippen LogP contribution is 2.36. The van der Waals surface area contributed by atoms with Gasteiger partial charge in [0.25, 0.3) is 15.9 Å². The van der Waals surface area contributed by atoms with Crippen LogP contribution in [-0.2, 0) is 14.8 Å². The lowest BCUT2D eigenvalue weighted by Gasteiger charge is -2.12. The fourth-order valence-corrected chi connectivity index (χ4v) is 6.47. The van der Waals surface area contributed by atoms with E-state index >= 15 is 0 Å². The molecule has 11 heteroatoms. The molecule has 1 aliphatic heterocycles. The van der Waals surface area contributed by atoms with Crippen LogP contribution in [-0.4, -0.2) is 44.7 Å². The zero-order chi connectivity index (χ0) is 24.0. The van der Waals surface area contributed by atoms with Gasteiger partial charge in [-0.2, -0.15) is 8.42 Å². The van der Waals surface area contributed by atoms with E-state index in [0.717, 1.165) is 35.9 Å². The van der Waals surface area contributed by atoms with Gasteiger partial charge in [-0.1, -0.05) is 37.1 Å². The summed E-state index contributed by atoms with van der Waals surface area (Å²) in [6.07, 6.45) is 5.09. The number of thiophene rings is 1. The zero-order valence-corrected chi connectivity index (χ0v) is 21.3. The van der Waals surface area contributed by atoms with Gasteiger partial charge in [0.2, 0.25) is 0 Å². The molecule has 0 saturated carbocycles. The summed E-state index contributed by atoms with van der Waals surface area (Å²) in [4.78, 5) is 14.6. The second-order valence-electron chi connectivity index (χ2n) is 6.83. The van der Waals surface area contributed by atoms with E-state index in [1.54, 1.807) is 31.4 Å². The van der Waals surface area contributed by atoms with E-state index in [1.165, 1.54) is 23.1 Å². The third-order valence-electron chi connectivity index (χ3n) is 4.44. The molecule has 0 N–H and O–H groups in total. The van der Waals surface area contributed by atoms with Crippen molar-refractivity contribution in [1.29, 1.82) is 0 Å². The Hall–Kier alpha value is -2.27. The average Bonchev–Trinajstić information content (AvgIpc) is 3.34. The molecule has 0 aliphatic carbocycles. The Morgan fingerprint density at radius 1 is 1.24 bits per heavy atom. The molecule has 1 aromatic heterocycles. The lowest BCUT2D eigenvalue weighted by atomic mass is 10.2. The van der Waals surface area contributed by atoms with Crippen molar-refractivity contribution in [3.8, 4) is 11.5 Å². The molecule has 0 unspecified atom stereocenters. The number of halogens is 1. The maximum absolute atomic E-state index is 13.0. The number of benzene rings is 1. The fourth-order valence-electron chi connectivity index (χ4n) is 2.82. The van der Waals surface area contributed by atoms with Gasteiger partial charge in [-0.15, -0.1) is 22.3 Å². The molecule has 176 valence electrons. The highest BCUT2D eigenvalue weighted by molar-refractivity contribution is 8.19. The van der Waals surface area contributed by atoms with Crippen LogP contribution in [0.15, 0.2) is 56.5 Å². The summed E-state index contributed by atoms with van der Waals surface area (Å²) in [6.45, 7) is 6.40. The summed E-state index contributed by atoms with van der Waals surface area (Å²) in [5.41, 5.74) is 0.714. The first-order valence-electron chi connectivity index (χ1n) is 10.0. The van der Waals surface area contributed by atoms with Crippen LogP contribution in [0.3, 0.4) is 0 Å². The Morgan fingerprint density at radius 2 is 2.03 bits per heavy atom. The van der Waals surface area contributed by atoms with Gasteiger partial charge in [-0.25, -0.2) is 0 Å². The molecule has 33 heavy (non-hydrogen) atoms. The minimum Gasteiger partial charge on any atom is -0.493 e. The number of amidine groups is 1. The largest absolute Gasteiger partial charge is 0.493 e. The first kappa shape index (κ1) is 25.4. The van der Waals surface area contributed by atoms with Crippen LogP contribution in [0.25, 0.3) is 6.08 Å². The average molecular weight is 527 g/mol. The Kier molecular flexibility index (Phi) is 8.63. The summed E-state index contributed by atoms with van der Waals surface area (Å²) in [7, 11) is -2.45. The first-order chi connectivity index (χ1) is 15.8.